The molecule has 5 aromatic carbocycles. The van der Waals surface area contributed by atoms with Crippen LogP contribution in [0.15, 0.2) is 121 Å². The summed E-state index contributed by atoms with van der Waals surface area (Å²) < 4.78 is 2.55. The molecule has 1 aromatic heterocycles. The van der Waals surface area contributed by atoms with Crippen molar-refractivity contribution >= 4 is 55.7 Å². The Bertz CT molecular complexity index is 1740. The molecule has 0 bridgehead atoms. The van der Waals surface area contributed by atoms with Crippen molar-refractivity contribution in [1.29, 1.82) is 0 Å². The number of hydrogen-bond donors (Lipinski definition) is 0. The van der Waals surface area contributed by atoms with Crippen LogP contribution >= 0.6 is 0 Å². The number of benzene rings is 5. The van der Waals surface area contributed by atoms with E-state index in [1.165, 1.54) is 65.8 Å². The predicted molar refractivity (Wildman–Crippen MR) is 146 cm³/mol. The fourth-order valence-electron chi connectivity index (χ4n) is 6.35. The topological polar surface area (TPSA) is 4.93 Å². The highest BCUT2D eigenvalue weighted by atomic mass is 15.0. The van der Waals surface area contributed by atoms with Gasteiger partial charge in [-0.2, -0.15) is 0 Å². The van der Waals surface area contributed by atoms with Crippen LogP contribution in [0.3, 0.4) is 0 Å². The van der Waals surface area contributed by atoms with Gasteiger partial charge in [0, 0.05) is 22.2 Å². The van der Waals surface area contributed by atoms with Gasteiger partial charge in [-0.15, -0.1) is 0 Å². The summed E-state index contributed by atoms with van der Waals surface area (Å²) in [5.41, 5.74) is 9.43. The van der Waals surface area contributed by atoms with Gasteiger partial charge in [0.25, 0.3) is 6.71 Å². The van der Waals surface area contributed by atoms with Gasteiger partial charge in [0.05, 0.1) is 5.52 Å². The summed E-state index contributed by atoms with van der Waals surface area (Å²) in [6.45, 7) is 0.240. The fourth-order valence-corrected chi connectivity index (χ4v) is 6.35. The molecule has 0 saturated carbocycles. The van der Waals surface area contributed by atoms with E-state index in [9.17, 15) is 0 Å². The van der Waals surface area contributed by atoms with Crippen LogP contribution in [-0.2, 0) is 0 Å². The third kappa shape index (κ3) is 2.20. The highest BCUT2D eigenvalue weighted by molar-refractivity contribution is 7.00. The summed E-state index contributed by atoms with van der Waals surface area (Å²) in [4.78, 5) is 0. The number of para-hydroxylation sites is 2. The summed E-state index contributed by atoms with van der Waals surface area (Å²) in [5.74, 6) is 0. The molecule has 8 rings (SSSR count). The second kappa shape index (κ2) is 6.62. The summed E-state index contributed by atoms with van der Waals surface area (Å²) in [7, 11) is 0. The van der Waals surface area contributed by atoms with Crippen LogP contribution in [0.4, 0.5) is 0 Å². The van der Waals surface area contributed by atoms with Crippen molar-refractivity contribution in [2.45, 2.75) is 0 Å². The van der Waals surface area contributed by atoms with Crippen LogP contribution in [0.25, 0.3) is 49.3 Å². The van der Waals surface area contributed by atoms with Gasteiger partial charge in [0.15, 0.2) is 0 Å². The van der Waals surface area contributed by atoms with E-state index in [0.717, 1.165) is 0 Å². The molecule has 0 N–H and O–H groups in total. The minimum Gasteiger partial charge on any atom is -0.321 e. The zero-order valence-corrected chi connectivity index (χ0v) is 18.6. The van der Waals surface area contributed by atoms with E-state index in [-0.39, 0.29) is 6.71 Å². The SMILES string of the molecule is c1ccc2c(c1)B1c3ccccc3-n3c1c-2c1ccccc1c1ccccc1c1ccccc13. The van der Waals surface area contributed by atoms with Crippen LogP contribution in [-0.4, -0.2) is 11.3 Å². The first-order valence-electron chi connectivity index (χ1n) is 11.9. The molecule has 0 atom stereocenters. The summed E-state index contributed by atoms with van der Waals surface area (Å²) in [6, 6.07) is 44.7. The highest BCUT2D eigenvalue weighted by Gasteiger charge is 2.42. The van der Waals surface area contributed by atoms with Crippen LogP contribution in [0.2, 0.25) is 0 Å². The molecule has 0 unspecified atom stereocenters. The standard InChI is InChI=1S/C32H20BN/c1-2-12-22-21(11-1)23-13-3-4-15-25(23)31-26-16-5-7-17-27(26)33-28-18-8-10-20-30(28)34(32(31)33)29-19-9-6-14-24(22)29/h1-20H. The Morgan fingerprint density at radius 3 is 1.76 bits per heavy atom. The van der Waals surface area contributed by atoms with Crippen LogP contribution in [0.1, 0.15) is 0 Å². The maximum absolute atomic E-state index is 2.55. The summed E-state index contributed by atoms with van der Waals surface area (Å²) in [5, 5.41) is 6.44. The number of rotatable bonds is 0. The van der Waals surface area contributed by atoms with Crippen molar-refractivity contribution < 1.29 is 0 Å². The molecule has 0 aliphatic carbocycles. The first-order valence-corrected chi connectivity index (χ1v) is 11.9. The molecule has 3 heterocycles. The van der Waals surface area contributed by atoms with Gasteiger partial charge in [-0.1, -0.05) is 115 Å². The fraction of sp³-hybridized carbons (Fsp3) is 0. The minimum atomic E-state index is 0.240. The van der Waals surface area contributed by atoms with Crippen molar-refractivity contribution in [1.82, 2.24) is 4.57 Å². The Kier molecular flexibility index (Phi) is 3.54. The van der Waals surface area contributed by atoms with Crippen molar-refractivity contribution in [2.24, 2.45) is 0 Å². The van der Waals surface area contributed by atoms with Gasteiger partial charge in [0.1, 0.15) is 0 Å². The zero-order chi connectivity index (χ0) is 22.2. The van der Waals surface area contributed by atoms with Crippen LogP contribution < -0.4 is 16.5 Å². The van der Waals surface area contributed by atoms with Gasteiger partial charge in [-0.25, -0.2) is 0 Å². The molecule has 0 fully saturated rings. The number of nitrogens with zero attached hydrogens (tertiary/aromatic N) is 1. The lowest BCUT2D eigenvalue weighted by Crippen LogP contribution is -2.46. The highest BCUT2D eigenvalue weighted by Crippen LogP contribution is 2.37. The molecule has 2 heteroatoms. The minimum absolute atomic E-state index is 0.240. The first-order chi connectivity index (χ1) is 16.9. The van der Waals surface area contributed by atoms with Crippen molar-refractivity contribution in [3.8, 4) is 16.8 Å². The lowest BCUT2D eigenvalue weighted by Gasteiger charge is -2.12. The van der Waals surface area contributed by atoms with Gasteiger partial charge in [-0.05, 0) is 44.7 Å². The van der Waals surface area contributed by atoms with E-state index in [4.69, 9.17) is 0 Å². The van der Waals surface area contributed by atoms with Crippen LogP contribution in [0, 0.1) is 0 Å². The Morgan fingerprint density at radius 1 is 0.441 bits per heavy atom. The van der Waals surface area contributed by atoms with E-state index < -0.39 is 0 Å². The third-order valence-corrected chi connectivity index (χ3v) is 7.65. The van der Waals surface area contributed by atoms with Crippen LogP contribution in [0.5, 0.6) is 0 Å². The average Bonchev–Trinajstić information content (AvgIpc) is 3.42. The molecule has 0 spiro atoms. The molecule has 6 aromatic rings. The summed E-state index contributed by atoms with van der Waals surface area (Å²) in [6.07, 6.45) is 0. The molecule has 156 valence electrons. The van der Waals surface area contributed by atoms with E-state index in [2.05, 4.69) is 126 Å². The normalized spacial score (nSPS) is 12.6. The maximum Gasteiger partial charge on any atom is 0.266 e. The van der Waals surface area contributed by atoms with E-state index in [0.29, 0.717) is 0 Å². The zero-order valence-electron chi connectivity index (χ0n) is 18.6. The number of hydrogen-bond acceptors (Lipinski definition) is 0. The van der Waals surface area contributed by atoms with E-state index in [1.807, 2.05) is 0 Å². The Hall–Kier alpha value is -4.30. The summed E-state index contributed by atoms with van der Waals surface area (Å²) >= 11 is 0. The predicted octanol–water partition coefficient (Wildman–Crippen LogP) is 5.87. The Labute approximate surface area is 198 Å². The Morgan fingerprint density at radius 2 is 0.971 bits per heavy atom. The third-order valence-electron chi connectivity index (χ3n) is 7.65. The molecule has 34 heavy (non-hydrogen) atoms. The van der Waals surface area contributed by atoms with Crippen molar-refractivity contribution in [2.75, 3.05) is 0 Å². The molecule has 2 aliphatic heterocycles. The molecule has 1 nitrogen and oxygen atoms in total. The molecule has 2 aliphatic rings. The number of aromatic nitrogens is 1. The second-order valence-corrected chi connectivity index (χ2v) is 9.28. The Balaban J connectivity index is 1.80. The first kappa shape index (κ1) is 18.2. The van der Waals surface area contributed by atoms with E-state index in [1.54, 1.807) is 0 Å². The van der Waals surface area contributed by atoms with Gasteiger partial charge in [0.2, 0.25) is 0 Å². The lowest BCUT2D eigenvalue weighted by atomic mass is 9.41. The number of fused-ring (bicyclic) bond motifs is 13. The molecular weight excluding hydrogens is 409 g/mol. The molecular formula is C32H20BN. The van der Waals surface area contributed by atoms with Gasteiger partial charge in [-0.3, -0.25) is 0 Å². The molecule has 0 saturated heterocycles. The smallest absolute Gasteiger partial charge is 0.266 e. The quantitative estimate of drug-likeness (QED) is 0.266. The average molecular weight is 429 g/mol. The molecule has 0 radical (unpaired) electrons. The van der Waals surface area contributed by atoms with Gasteiger partial charge < -0.3 is 4.57 Å². The van der Waals surface area contributed by atoms with Crippen molar-refractivity contribution in [3.63, 3.8) is 0 Å². The monoisotopic (exact) mass is 429 g/mol. The van der Waals surface area contributed by atoms with E-state index >= 15 is 0 Å². The second-order valence-electron chi connectivity index (χ2n) is 9.28. The maximum atomic E-state index is 2.55. The molecule has 0 amide bonds. The lowest BCUT2D eigenvalue weighted by molar-refractivity contribution is 1.18. The largest absolute Gasteiger partial charge is 0.321 e. The van der Waals surface area contributed by atoms with Gasteiger partial charge >= 0.3 is 0 Å². The van der Waals surface area contributed by atoms with Crippen molar-refractivity contribution in [3.05, 3.63) is 121 Å².